The lowest BCUT2D eigenvalue weighted by Gasteiger charge is -2.46. The molecule has 8 heteroatoms. The van der Waals surface area contributed by atoms with Crippen LogP contribution in [0.25, 0.3) is 0 Å². The Bertz CT molecular complexity index is 931. The number of piperazine rings is 1. The summed E-state index contributed by atoms with van der Waals surface area (Å²) in [4.78, 5) is 18.0. The van der Waals surface area contributed by atoms with Crippen molar-refractivity contribution in [2.45, 2.75) is 18.9 Å². The molecule has 0 N–H and O–H groups in total. The molecule has 156 valence electrons. The minimum Gasteiger partial charge on any atom is -0.368 e. The topological polar surface area (TPSA) is 57.7 Å². The van der Waals surface area contributed by atoms with Crippen LogP contribution in [-0.2, 0) is 14.6 Å². The predicted molar refractivity (Wildman–Crippen MR) is 119 cm³/mol. The predicted octanol–water partition coefficient (Wildman–Crippen LogP) is 3.66. The molecule has 0 bridgehead atoms. The van der Waals surface area contributed by atoms with Gasteiger partial charge in [-0.25, -0.2) is 8.42 Å². The quantitative estimate of drug-likeness (QED) is 0.648. The first-order chi connectivity index (χ1) is 13.9. The molecule has 0 amide bonds. The van der Waals surface area contributed by atoms with Gasteiger partial charge in [-0.2, -0.15) is 0 Å². The number of hydrogen-bond acceptors (Lipinski definition) is 6. The summed E-state index contributed by atoms with van der Waals surface area (Å²) < 4.78 is 23.8. The number of hydrogen-bond donors (Lipinski definition) is 0. The van der Waals surface area contributed by atoms with Gasteiger partial charge in [0.25, 0.3) is 0 Å². The summed E-state index contributed by atoms with van der Waals surface area (Å²) in [6, 6.07) is 12.3. The highest BCUT2D eigenvalue weighted by atomic mass is 35.5. The Kier molecular flexibility index (Phi) is 6.02. The Morgan fingerprint density at radius 3 is 2.48 bits per heavy atom. The van der Waals surface area contributed by atoms with Gasteiger partial charge >= 0.3 is 0 Å². The monoisotopic (exact) mass is 452 g/mol. The number of sulfone groups is 1. The highest BCUT2D eigenvalue weighted by Gasteiger charge is 2.41. The SMILES string of the molecule is O=CC1(CN2CCN(c3ccc(Cl)cc3)CC2c2cccs2)CCS(=O)(=O)CC1. The van der Waals surface area contributed by atoms with Crippen LogP contribution in [-0.4, -0.2) is 57.3 Å². The maximum Gasteiger partial charge on any atom is 0.150 e. The van der Waals surface area contributed by atoms with Crippen LogP contribution in [0.1, 0.15) is 23.8 Å². The van der Waals surface area contributed by atoms with Crippen LogP contribution in [0.3, 0.4) is 0 Å². The van der Waals surface area contributed by atoms with Crippen molar-refractivity contribution in [3.63, 3.8) is 0 Å². The smallest absolute Gasteiger partial charge is 0.150 e. The molecule has 3 heterocycles. The minimum absolute atomic E-state index is 0.111. The number of halogens is 1. The summed E-state index contributed by atoms with van der Waals surface area (Å²) in [5, 5.41) is 2.81. The first-order valence-corrected chi connectivity index (χ1v) is 12.9. The van der Waals surface area contributed by atoms with Crippen molar-refractivity contribution < 1.29 is 13.2 Å². The molecule has 2 aliphatic rings. The van der Waals surface area contributed by atoms with Crippen molar-refractivity contribution in [1.29, 1.82) is 0 Å². The van der Waals surface area contributed by atoms with E-state index in [-0.39, 0.29) is 17.5 Å². The molecule has 0 spiro atoms. The molecule has 1 unspecified atom stereocenters. The average Bonchev–Trinajstić information content (AvgIpc) is 3.25. The van der Waals surface area contributed by atoms with Gasteiger partial charge < -0.3 is 9.69 Å². The van der Waals surface area contributed by atoms with E-state index in [9.17, 15) is 13.2 Å². The van der Waals surface area contributed by atoms with Crippen LogP contribution in [0, 0.1) is 5.41 Å². The third-order valence-electron chi connectivity index (χ3n) is 6.14. The third-order valence-corrected chi connectivity index (χ3v) is 9.02. The first-order valence-electron chi connectivity index (χ1n) is 9.84. The maximum atomic E-state index is 12.0. The molecule has 2 saturated heterocycles. The largest absolute Gasteiger partial charge is 0.368 e. The van der Waals surface area contributed by atoms with E-state index in [1.54, 1.807) is 11.3 Å². The Hall–Kier alpha value is -1.41. The van der Waals surface area contributed by atoms with Crippen LogP contribution < -0.4 is 4.90 Å². The standard InChI is InChI=1S/C21H25ClN2O3S2/c22-17-3-5-18(6-4-17)23-9-10-24(19(14-23)20-2-1-11-28-20)15-21(16-25)7-12-29(26,27)13-8-21/h1-6,11,16,19H,7-10,12-15H2. The second-order valence-corrected chi connectivity index (χ2v) is 11.8. The molecule has 2 aliphatic heterocycles. The minimum atomic E-state index is -3.00. The Balaban J connectivity index is 1.55. The molecule has 0 saturated carbocycles. The Morgan fingerprint density at radius 2 is 1.86 bits per heavy atom. The third kappa shape index (κ3) is 4.68. The van der Waals surface area contributed by atoms with Crippen molar-refractivity contribution in [3.8, 4) is 0 Å². The number of aldehydes is 1. The number of anilines is 1. The van der Waals surface area contributed by atoms with Crippen molar-refractivity contribution in [3.05, 3.63) is 51.7 Å². The van der Waals surface area contributed by atoms with Gasteiger partial charge in [-0.1, -0.05) is 17.7 Å². The van der Waals surface area contributed by atoms with Crippen molar-refractivity contribution >= 4 is 44.7 Å². The van der Waals surface area contributed by atoms with Crippen molar-refractivity contribution in [1.82, 2.24) is 4.90 Å². The van der Waals surface area contributed by atoms with Crippen LogP contribution in [0.5, 0.6) is 0 Å². The summed E-state index contributed by atoms with van der Waals surface area (Å²) in [5.74, 6) is 0.223. The van der Waals surface area contributed by atoms with E-state index in [0.29, 0.717) is 19.4 Å². The van der Waals surface area contributed by atoms with Gasteiger partial charge in [0.05, 0.1) is 17.5 Å². The molecule has 29 heavy (non-hydrogen) atoms. The van der Waals surface area contributed by atoms with E-state index in [1.165, 1.54) is 4.88 Å². The Labute approximate surface area is 181 Å². The fraction of sp³-hybridized carbons (Fsp3) is 0.476. The Morgan fingerprint density at radius 1 is 1.14 bits per heavy atom. The number of carbonyl (C=O) groups excluding carboxylic acids is 1. The van der Waals surface area contributed by atoms with Crippen LogP contribution >= 0.6 is 22.9 Å². The van der Waals surface area contributed by atoms with Gasteiger partial charge in [0.15, 0.2) is 0 Å². The number of rotatable bonds is 5. The van der Waals surface area contributed by atoms with E-state index in [4.69, 9.17) is 11.6 Å². The molecule has 2 aromatic rings. The van der Waals surface area contributed by atoms with E-state index >= 15 is 0 Å². The van der Waals surface area contributed by atoms with Gasteiger partial charge in [-0.3, -0.25) is 4.90 Å². The molecule has 1 aromatic carbocycles. The fourth-order valence-electron chi connectivity index (χ4n) is 4.31. The summed E-state index contributed by atoms with van der Waals surface area (Å²) in [5.41, 5.74) is 0.577. The van der Waals surface area contributed by atoms with E-state index in [0.717, 1.165) is 36.6 Å². The number of thiophene rings is 1. The van der Waals surface area contributed by atoms with Gasteiger partial charge in [0.1, 0.15) is 16.1 Å². The van der Waals surface area contributed by atoms with Crippen molar-refractivity contribution in [2.24, 2.45) is 5.41 Å². The summed E-state index contributed by atoms with van der Waals surface area (Å²) in [6.45, 7) is 3.13. The zero-order chi connectivity index (χ0) is 20.5. The highest BCUT2D eigenvalue weighted by molar-refractivity contribution is 7.91. The highest BCUT2D eigenvalue weighted by Crippen LogP contribution is 2.37. The van der Waals surface area contributed by atoms with Crippen LogP contribution in [0.15, 0.2) is 41.8 Å². The molecule has 0 radical (unpaired) electrons. The number of carbonyl (C=O) groups is 1. The summed E-state index contributed by atoms with van der Waals surface area (Å²) in [6.07, 6.45) is 1.86. The van der Waals surface area contributed by atoms with E-state index < -0.39 is 15.3 Å². The zero-order valence-electron chi connectivity index (χ0n) is 16.2. The molecule has 0 aliphatic carbocycles. The zero-order valence-corrected chi connectivity index (χ0v) is 18.6. The van der Waals surface area contributed by atoms with Gasteiger partial charge in [0, 0.05) is 47.2 Å². The molecular weight excluding hydrogens is 428 g/mol. The molecule has 4 rings (SSSR count). The summed E-state index contributed by atoms with van der Waals surface area (Å²) >= 11 is 7.77. The van der Waals surface area contributed by atoms with E-state index in [2.05, 4.69) is 27.3 Å². The maximum absolute atomic E-state index is 12.0. The first kappa shape index (κ1) is 20.8. The van der Waals surface area contributed by atoms with E-state index in [1.807, 2.05) is 24.3 Å². The molecular formula is C21H25ClN2O3S2. The molecule has 1 aromatic heterocycles. The number of nitrogens with zero attached hydrogens (tertiary/aromatic N) is 2. The molecule has 2 fully saturated rings. The normalized spacial score (nSPS) is 24.3. The molecule has 1 atom stereocenters. The summed E-state index contributed by atoms with van der Waals surface area (Å²) in [7, 11) is -3.00. The lowest BCUT2D eigenvalue weighted by Crippen LogP contribution is -2.53. The lowest BCUT2D eigenvalue weighted by atomic mass is 9.82. The van der Waals surface area contributed by atoms with Gasteiger partial charge in [0.2, 0.25) is 0 Å². The van der Waals surface area contributed by atoms with Gasteiger partial charge in [-0.05, 0) is 48.6 Å². The van der Waals surface area contributed by atoms with Crippen LogP contribution in [0.4, 0.5) is 5.69 Å². The van der Waals surface area contributed by atoms with Crippen LogP contribution in [0.2, 0.25) is 5.02 Å². The average molecular weight is 453 g/mol. The second kappa shape index (κ2) is 8.38. The second-order valence-electron chi connectivity index (χ2n) is 8.06. The molecule has 5 nitrogen and oxygen atoms in total. The number of benzene rings is 1. The fourth-order valence-corrected chi connectivity index (χ4v) is 6.93. The van der Waals surface area contributed by atoms with Gasteiger partial charge in [-0.15, -0.1) is 11.3 Å². The lowest BCUT2D eigenvalue weighted by molar-refractivity contribution is -0.118. The van der Waals surface area contributed by atoms with Crippen molar-refractivity contribution in [2.75, 3.05) is 42.6 Å².